The maximum Gasteiger partial charge on any atom is 0.339 e. The standard InChI is InChI=1S/C30H38O5/c1-17-13-22-24-14-18(2)30(19(3)31,35-27(34)20-9-7-6-8-10-20)29(24,5)16-25(33)26(22)28(4)12-11-21(32)15-23(17)28/h6-10,15,17-18,22,24-26,33H,11-14,16H2,1-5H3/t17?,18?,22-,24-,25?,26+,28-,29-,30-/m0/s1. The predicted molar refractivity (Wildman–Crippen MR) is 132 cm³/mol. The van der Waals surface area contributed by atoms with E-state index in [1.54, 1.807) is 31.2 Å². The van der Waals surface area contributed by atoms with Crippen LogP contribution in [0.4, 0.5) is 0 Å². The molecule has 3 unspecified atom stereocenters. The van der Waals surface area contributed by atoms with Crippen LogP contribution in [0.5, 0.6) is 0 Å². The number of ketones is 2. The van der Waals surface area contributed by atoms with Crippen LogP contribution in [0, 0.1) is 40.4 Å². The molecule has 188 valence electrons. The normalized spacial score (nSPS) is 44.5. The summed E-state index contributed by atoms with van der Waals surface area (Å²) in [5.41, 5.74) is -0.536. The Hall–Kier alpha value is -2.27. The van der Waals surface area contributed by atoms with Crippen molar-refractivity contribution in [3.63, 3.8) is 0 Å². The largest absolute Gasteiger partial charge is 0.447 e. The van der Waals surface area contributed by atoms with Crippen LogP contribution < -0.4 is 0 Å². The molecular weight excluding hydrogens is 440 g/mol. The Kier molecular flexibility index (Phi) is 5.67. The molecule has 0 heterocycles. The first-order valence-electron chi connectivity index (χ1n) is 13.2. The van der Waals surface area contributed by atoms with Crippen LogP contribution in [-0.2, 0) is 14.3 Å². The Labute approximate surface area is 208 Å². The maximum atomic E-state index is 13.5. The first kappa shape index (κ1) is 24.4. The monoisotopic (exact) mass is 478 g/mol. The van der Waals surface area contributed by atoms with E-state index in [4.69, 9.17) is 4.74 Å². The molecule has 3 fully saturated rings. The summed E-state index contributed by atoms with van der Waals surface area (Å²) in [6.45, 7) is 10.1. The third-order valence-corrected chi connectivity index (χ3v) is 10.5. The summed E-state index contributed by atoms with van der Waals surface area (Å²) in [4.78, 5) is 39.0. The van der Waals surface area contributed by atoms with Crippen molar-refractivity contribution in [2.75, 3.05) is 0 Å². The van der Waals surface area contributed by atoms with Gasteiger partial charge in [-0.05, 0) is 79.9 Å². The molecule has 1 aromatic rings. The van der Waals surface area contributed by atoms with Crippen molar-refractivity contribution < 1.29 is 24.2 Å². The fraction of sp³-hybridized carbons (Fsp3) is 0.633. The minimum atomic E-state index is -1.28. The molecular formula is C30H38O5. The summed E-state index contributed by atoms with van der Waals surface area (Å²) < 4.78 is 6.28. The second-order valence-electron chi connectivity index (χ2n) is 12.3. The fourth-order valence-electron chi connectivity index (χ4n) is 9.26. The second kappa shape index (κ2) is 8.12. The van der Waals surface area contributed by atoms with Gasteiger partial charge in [-0.15, -0.1) is 0 Å². The molecule has 9 atom stereocenters. The summed E-state index contributed by atoms with van der Waals surface area (Å²) >= 11 is 0. The van der Waals surface area contributed by atoms with E-state index in [-0.39, 0.29) is 46.6 Å². The summed E-state index contributed by atoms with van der Waals surface area (Å²) in [7, 11) is 0. The van der Waals surface area contributed by atoms with Gasteiger partial charge < -0.3 is 9.84 Å². The van der Waals surface area contributed by atoms with Crippen LogP contribution in [0.1, 0.15) is 77.1 Å². The zero-order valence-electron chi connectivity index (χ0n) is 21.5. The molecule has 0 bridgehead atoms. The van der Waals surface area contributed by atoms with Crippen LogP contribution in [0.25, 0.3) is 0 Å². The lowest BCUT2D eigenvalue weighted by atomic mass is 9.44. The molecule has 1 aromatic carbocycles. The van der Waals surface area contributed by atoms with E-state index in [1.165, 1.54) is 5.57 Å². The molecule has 5 rings (SSSR count). The summed E-state index contributed by atoms with van der Waals surface area (Å²) in [6, 6.07) is 8.85. The van der Waals surface area contributed by atoms with E-state index >= 15 is 0 Å². The lowest BCUT2D eigenvalue weighted by Gasteiger charge is -2.62. The molecule has 35 heavy (non-hydrogen) atoms. The zero-order valence-corrected chi connectivity index (χ0v) is 21.5. The number of aliphatic hydroxyl groups is 1. The molecule has 0 saturated heterocycles. The Morgan fingerprint density at radius 2 is 1.77 bits per heavy atom. The molecule has 1 N–H and O–H groups in total. The smallest absolute Gasteiger partial charge is 0.339 e. The van der Waals surface area contributed by atoms with Gasteiger partial charge >= 0.3 is 5.97 Å². The van der Waals surface area contributed by atoms with Crippen molar-refractivity contribution in [2.24, 2.45) is 40.4 Å². The third-order valence-electron chi connectivity index (χ3n) is 10.5. The van der Waals surface area contributed by atoms with Gasteiger partial charge in [0.15, 0.2) is 17.2 Å². The van der Waals surface area contributed by atoms with Gasteiger partial charge in [-0.2, -0.15) is 0 Å². The van der Waals surface area contributed by atoms with Gasteiger partial charge in [0.25, 0.3) is 0 Å². The van der Waals surface area contributed by atoms with Crippen molar-refractivity contribution in [2.45, 2.75) is 78.4 Å². The minimum Gasteiger partial charge on any atom is -0.447 e. The predicted octanol–water partition coefficient (Wildman–Crippen LogP) is 5.17. The number of aliphatic hydroxyl groups excluding tert-OH is 1. The van der Waals surface area contributed by atoms with Crippen molar-refractivity contribution >= 4 is 17.5 Å². The highest BCUT2D eigenvalue weighted by atomic mass is 16.6. The number of ether oxygens (including phenoxy) is 1. The molecule has 4 aliphatic rings. The Balaban J connectivity index is 1.57. The number of allylic oxidation sites excluding steroid dienone is 1. The van der Waals surface area contributed by atoms with E-state index in [1.807, 2.05) is 19.1 Å². The average molecular weight is 479 g/mol. The van der Waals surface area contributed by atoms with Gasteiger partial charge in [-0.25, -0.2) is 4.79 Å². The number of fused-ring (bicyclic) bond motifs is 5. The molecule has 0 radical (unpaired) electrons. The van der Waals surface area contributed by atoms with Gasteiger partial charge in [0, 0.05) is 17.8 Å². The van der Waals surface area contributed by atoms with E-state index in [2.05, 4.69) is 20.8 Å². The van der Waals surface area contributed by atoms with Crippen LogP contribution in [0.15, 0.2) is 42.0 Å². The van der Waals surface area contributed by atoms with Gasteiger partial charge in [0.1, 0.15) is 0 Å². The van der Waals surface area contributed by atoms with Crippen LogP contribution in [0.3, 0.4) is 0 Å². The molecule has 5 heteroatoms. The second-order valence-corrected chi connectivity index (χ2v) is 12.3. The summed E-state index contributed by atoms with van der Waals surface area (Å²) in [5.74, 6) is 0.0582. The highest BCUT2D eigenvalue weighted by Crippen LogP contribution is 2.70. The average Bonchev–Trinajstić information content (AvgIpc) is 3.02. The maximum absolute atomic E-state index is 13.5. The molecule has 4 aliphatic carbocycles. The van der Waals surface area contributed by atoms with Gasteiger partial charge in [0.05, 0.1) is 11.7 Å². The van der Waals surface area contributed by atoms with Crippen LogP contribution >= 0.6 is 0 Å². The molecule has 0 amide bonds. The summed E-state index contributed by atoms with van der Waals surface area (Å²) in [6.07, 6.45) is 4.58. The van der Waals surface area contributed by atoms with Crippen molar-refractivity contribution in [3.8, 4) is 0 Å². The van der Waals surface area contributed by atoms with Gasteiger partial charge in [-0.3, -0.25) is 9.59 Å². The number of carbonyl (C=O) groups is 3. The topological polar surface area (TPSA) is 80.7 Å². The van der Waals surface area contributed by atoms with E-state index in [0.29, 0.717) is 18.4 Å². The number of rotatable bonds is 3. The molecule has 0 spiro atoms. The number of hydrogen-bond donors (Lipinski definition) is 1. The zero-order chi connectivity index (χ0) is 25.3. The molecule has 0 aromatic heterocycles. The SMILES string of the molecule is CC(=O)[C@@]1(OC(=O)c2ccccc2)C(C)C[C@H]2[C@@H]3CC(C)C4=CC(=O)CC[C@]4(C)[C@H]3C(O)C[C@@]21C. The highest BCUT2D eigenvalue weighted by molar-refractivity contribution is 5.95. The number of carbonyl (C=O) groups excluding carboxylic acids is 3. The Bertz CT molecular complexity index is 1090. The van der Waals surface area contributed by atoms with E-state index in [0.717, 1.165) is 19.3 Å². The number of benzene rings is 1. The summed E-state index contributed by atoms with van der Waals surface area (Å²) in [5, 5.41) is 11.8. The van der Waals surface area contributed by atoms with Gasteiger partial charge in [0.2, 0.25) is 0 Å². The first-order valence-corrected chi connectivity index (χ1v) is 13.2. The van der Waals surface area contributed by atoms with E-state index in [9.17, 15) is 19.5 Å². The minimum absolute atomic E-state index is 0.0379. The molecule has 0 aliphatic heterocycles. The van der Waals surface area contributed by atoms with Crippen LogP contribution in [-0.4, -0.2) is 34.3 Å². The first-order chi connectivity index (χ1) is 16.5. The Morgan fingerprint density at radius 1 is 1.09 bits per heavy atom. The van der Waals surface area contributed by atoms with Crippen molar-refractivity contribution in [3.05, 3.63) is 47.5 Å². The lowest BCUT2D eigenvalue weighted by Crippen LogP contribution is -2.64. The van der Waals surface area contributed by atoms with Crippen LogP contribution in [0.2, 0.25) is 0 Å². The number of Topliss-reactive ketones (excluding diaryl/α,β-unsaturated/α-hetero) is 1. The van der Waals surface area contributed by atoms with E-state index < -0.39 is 23.1 Å². The number of hydrogen-bond acceptors (Lipinski definition) is 5. The fourth-order valence-corrected chi connectivity index (χ4v) is 9.26. The lowest BCUT2D eigenvalue weighted by molar-refractivity contribution is -0.187. The van der Waals surface area contributed by atoms with Gasteiger partial charge in [-0.1, -0.05) is 51.5 Å². The molecule has 5 nitrogen and oxygen atoms in total. The number of esters is 1. The third kappa shape index (κ3) is 3.26. The van der Waals surface area contributed by atoms with Crippen molar-refractivity contribution in [1.82, 2.24) is 0 Å². The Morgan fingerprint density at radius 3 is 2.43 bits per heavy atom. The highest BCUT2D eigenvalue weighted by Gasteiger charge is 2.72. The van der Waals surface area contributed by atoms with Crippen molar-refractivity contribution in [1.29, 1.82) is 0 Å². The molecule has 3 saturated carbocycles. The quantitative estimate of drug-likeness (QED) is 0.607.